The number of fused-ring (bicyclic) bond motifs is 2. The Morgan fingerprint density at radius 2 is 2.11 bits per heavy atom. The summed E-state index contributed by atoms with van der Waals surface area (Å²) in [5.74, 6) is 0.239. The lowest BCUT2D eigenvalue weighted by atomic mass is 10.0. The van der Waals surface area contributed by atoms with Crippen LogP contribution in [0.2, 0.25) is 0 Å². The lowest BCUT2D eigenvalue weighted by molar-refractivity contribution is -0.111. The molecule has 1 fully saturated rings. The van der Waals surface area contributed by atoms with Crippen molar-refractivity contribution in [2.24, 2.45) is 0 Å². The second kappa shape index (κ2) is 14.4. The number of nitriles is 1. The molecule has 2 N–H and O–H groups in total. The summed E-state index contributed by atoms with van der Waals surface area (Å²) in [6, 6.07) is 17.8. The van der Waals surface area contributed by atoms with Gasteiger partial charge in [0.25, 0.3) is 0 Å². The minimum Gasteiger partial charge on any atom is -0.492 e. The highest BCUT2D eigenvalue weighted by atomic mass is 16.5. The van der Waals surface area contributed by atoms with Gasteiger partial charge in [0.1, 0.15) is 11.8 Å². The van der Waals surface area contributed by atoms with Gasteiger partial charge in [0.2, 0.25) is 5.91 Å². The van der Waals surface area contributed by atoms with Gasteiger partial charge in [0.15, 0.2) is 0 Å². The Bertz CT molecular complexity index is 1960. The number of amides is 1. The molecule has 5 aromatic rings. The zero-order valence-corrected chi connectivity index (χ0v) is 26.9. The van der Waals surface area contributed by atoms with Crippen molar-refractivity contribution in [2.75, 3.05) is 43.5 Å². The number of carbonyl (C=O) groups excluding carboxylic acids is 1. The van der Waals surface area contributed by atoms with E-state index in [1.54, 1.807) is 12.3 Å². The number of hydrogen-bond acceptors (Lipinski definition) is 9. The first-order valence-electron chi connectivity index (χ1n) is 15.9. The molecule has 1 aliphatic rings. The quantitative estimate of drug-likeness (QED) is 0.173. The van der Waals surface area contributed by atoms with Crippen LogP contribution in [0.25, 0.3) is 21.8 Å². The van der Waals surface area contributed by atoms with Crippen LogP contribution in [-0.2, 0) is 22.5 Å². The summed E-state index contributed by atoms with van der Waals surface area (Å²) in [6.07, 6.45) is 7.75. The predicted octanol–water partition coefficient (Wildman–Crippen LogP) is 5.82. The number of aromatic nitrogens is 4. The highest BCUT2D eigenvalue weighted by molar-refractivity contribution is 6.05. The van der Waals surface area contributed by atoms with Gasteiger partial charge in [-0.25, -0.2) is 0 Å². The first kappa shape index (κ1) is 31.7. The van der Waals surface area contributed by atoms with Crippen molar-refractivity contribution in [1.29, 1.82) is 5.26 Å². The molecule has 6 rings (SSSR count). The second-order valence-electron chi connectivity index (χ2n) is 11.4. The van der Waals surface area contributed by atoms with E-state index in [1.165, 1.54) is 0 Å². The molecule has 4 heterocycles. The Morgan fingerprint density at radius 3 is 2.87 bits per heavy atom. The maximum atomic E-state index is 13.1. The van der Waals surface area contributed by atoms with Crippen molar-refractivity contribution in [3.05, 3.63) is 90.0 Å². The lowest BCUT2D eigenvalue weighted by Gasteiger charge is -2.30. The molecule has 0 bridgehead atoms. The number of benzene rings is 2. The van der Waals surface area contributed by atoms with Crippen LogP contribution in [0.1, 0.15) is 37.7 Å². The molecule has 3 aromatic heterocycles. The molecule has 1 amide bonds. The zero-order valence-electron chi connectivity index (χ0n) is 26.9. The lowest BCUT2D eigenvalue weighted by Crippen LogP contribution is -2.41. The number of ether oxygens (including phenoxy) is 2. The Morgan fingerprint density at radius 1 is 1.21 bits per heavy atom. The first-order chi connectivity index (χ1) is 22.9. The number of rotatable bonds is 11. The van der Waals surface area contributed by atoms with Crippen LogP contribution in [-0.4, -0.2) is 69.5 Å². The van der Waals surface area contributed by atoms with Crippen LogP contribution in [0.5, 0.6) is 5.75 Å². The number of aryl methyl sites for hydroxylation is 1. The monoisotopic (exact) mass is 630 g/mol. The van der Waals surface area contributed by atoms with E-state index in [-0.39, 0.29) is 12.0 Å². The molecule has 0 saturated carbocycles. The van der Waals surface area contributed by atoms with Gasteiger partial charge in [0.05, 0.1) is 71.4 Å². The molecule has 0 spiro atoms. The first-order valence-corrected chi connectivity index (χ1v) is 15.9. The SMILES string of the molecule is CCOc1cc2nc(CC)c(C#N)c(Nc3ccc4c(cnn4Cc4ccccn4)c3)c2cc1NC(=O)/C=C/CN1CCO[C@H](C)C1. The van der Waals surface area contributed by atoms with Crippen LogP contribution < -0.4 is 15.4 Å². The van der Waals surface area contributed by atoms with Crippen molar-refractivity contribution in [3.8, 4) is 11.8 Å². The number of morpholine rings is 1. The highest BCUT2D eigenvalue weighted by Gasteiger charge is 2.19. The van der Waals surface area contributed by atoms with Gasteiger partial charge in [-0.2, -0.15) is 10.4 Å². The fourth-order valence-electron chi connectivity index (χ4n) is 5.84. The fourth-order valence-corrected chi connectivity index (χ4v) is 5.84. The van der Waals surface area contributed by atoms with Crippen molar-refractivity contribution < 1.29 is 14.3 Å². The van der Waals surface area contributed by atoms with Gasteiger partial charge >= 0.3 is 0 Å². The Balaban J connectivity index is 1.32. The van der Waals surface area contributed by atoms with Crippen LogP contribution in [0.4, 0.5) is 17.1 Å². The van der Waals surface area contributed by atoms with Crippen molar-refractivity contribution in [1.82, 2.24) is 24.6 Å². The number of hydrogen-bond donors (Lipinski definition) is 2. The van der Waals surface area contributed by atoms with Gasteiger partial charge < -0.3 is 20.1 Å². The van der Waals surface area contributed by atoms with Crippen molar-refractivity contribution >= 4 is 44.8 Å². The largest absolute Gasteiger partial charge is 0.492 e. The van der Waals surface area contributed by atoms with Gasteiger partial charge in [0, 0.05) is 54.4 Å². The average Bonchev–Trinajstić information content (AvgIpc) is 3.47. The molecule has 0 unspecified atom stereocenters. The van der Waals surface area contributed by atoms with E-state index in [1.807, 2.05) is 86.3 Å². The second-order valence-corrected chi connectivity index (χ2v) is 11.4. The normalized spacial score (nSPS) is 15.2. The minimum absolute atomic E-state index is 0.178. The zero-order chi connectivity index (χ0) is 32.8. The molecule has 1 atom stereocenters. The van der Waals surface area contributed by atoms with Gasteiger partial charge in [-0.3, -0.25) is 24.3 Å². The van der Waals surface area contributed by atoms with E-state index >= 15 is 0 Å². The summed E-state index contributed by atoms with van der Waals surface area (Å²) in [7, 11) is 0. The molecule has 1 saturated heterocycles. The molecular formula is C36H38N8O3. The topological polar surface area (TPSA) is 130 Å². The van der Waals surface area contributed by atoms with Crippen LogP contribution in [0, 0.1) is 11.3 Å². The molecule has 1 aliphatic heterocycles. The minimum atomic E-state index is -0.270. The summed E-state index contributed by atoms with van der Waals surface area (Å²) in [5.41, 5.74) is 5.58. The number of nitrogens with zero attached hydrogens (tertiary/aromatic N) is 6. The number of pyridine rings is 2. The Labute approximate surface area is 273 Å². The molecule has 2 aromatic carbocycles. The van der Waals surface area contributed by atoms with Gasteiger partial charge in [-0.05, 0) is 56.7 Å². The maximum absolute atomic E-state index is 13.1. The average molecular weight is 631 g/mol. The van der Waals surface area contributed by atoms with Gasteiger partial charge in [-0.15, -0.1) is 0 Å². The number of anilines is 3. The third kappa shape index (κ3) is 7.25. The Kier molecular flexibility index (Phi) is 9.71. The fraction of sp³-hybridized carbons (Fsp3) is 0.306. The van der Waals surface area contributed by atoms with Crippen LogP contribution in [0.3, 0.4) is 0 Å². The summed E-state index contributed by atoms with van der Waals surface area (Å²) >= 11 is 0. The van der Waals surface area contributed by atoms with E-state index in [0.29, 0.717) is 72.0 Å². The summed E-state index contributed by atoms with van der Waals surface area (Å²) in [5, 5.41) is 23.0. The van der Waals surface area contributed by atoms with E-state index in [2.05, 4.69) is 31.7 Å². The predicted molar refractivity (Wildman–Crippen MR) is 183 cm³/mol. The van der Waals surface area contributed by atoms with E-state index in [4.69, 9.17) is 14.5 Å². The molecular weight excluding hydrogens is 592 g/mol. The van der Waals surface area contributed by atoms with E-state index in [0.717, 1.165) is 35.4 Å². The van der Waals surface area contributed by atoms with Crippen molar-refractivity contribution in [2.45, 2.75) is 39.8 Å². The van der Waals surface area contributed by atoms with Gasteiger partial charge in [-0.1, -0.05) is 19.1 Å². The van der Waals surface area contributed by atoms with Crippen LogP contribution >= 0.6 is 0 Å². The highest BCUT2D eigenvalue weighted by Crippen LogP contribution is 2.38. The number of nitrogens with one attached hydrogen (secondary N) is 2. The third-order valence-electron chi connectivity index (χ3n) is 8.07. The van der Waals surface area contributed by atoms with E-state index < -0.39 is 0 Å². The van der Waals surface area contributed by atoms with Crippen LogP contribution in [0.15, 0.2) is 73.1 Å². The maximum Gasteiger partial charge on any atom is 0.248 e. The summed E-state index contributed by atoms with van der Waals surface area (Å²) < 4.78 is 13.5. The van der Waals surface area contributed by atoms with Crippen molar-refractivity contribution in [3.63, 3.8) is 0 Å². The number of carbonyl (C=O) groups is 1. The molecule has 0 radical (unpaired) electrons. The molecule has 11 heteroatoms. The standard InChI is InChI=1S/C36H38N8O3/c1-4-30-29(20-37)36(40-26-11-12-33-25(17-26)21-39-44(33)23-27-9-6-7-13-38-27)28-18-32(34(46-5-2)19-31(28)41-30)42-35(45)10-8-14-43-15-16-47-24(3)22-43/h6-13,17-19,21,24H,4-5,14-16,22-23H2,1-3H3,(H,40,41)(H,42,45)/b10-8+/t24-/m1/s1. The van der Waals surface area contributed by atoms with E-state index in [9.17, 15) is 10.1 Å². The molecule has 47 heavy (non-hydrogen) atoms. The molecule has 240 valence electrons. The molecule has 0 aliphatic carbocycles. The smallest absolute Gasteiger partial charge is 0.248 e. The Hall–Kier alpha value is -5.31. The summed E-state index contributed by atoms with van der Waals surface area (Å²) in [6.45, 7) is 9.90. The molecule has 11 nitrogen and oxygen atoms in total. The summed E-state index contributed by atoms with van der Waals surface area (Å²) in [4.78, 5) is 24.6. The third-order valence-corrected chi connectivity index (χ3v) is 8.07.